The molecule has 0 unspecified atom stereocenters. The van der Waals surface area contributed by atoms with Crippen molar-refractivity contribution < 1.29 is 13.6 Å². The van der Waals surface area contributed by atoms with Gasteiger partial charge in [0.2, 0.25) is 0 Å². The summed E-state index contributed by atoms with van der Waals surface area (Å²) in [6, 6.07) is 13.1. The topological polar surface area (TPSA) is 88.7 Å². The van der Waals surface area contributed by atoms with E-state index < -0.39 is 5.91 Å². The van der Waals surface area contributed by atoms with E-state index in [1.807, 2.05) is 6.07 Å². The lowest BCUT2D eigenvalue weighted by Gasteiger charge is -2.02. The fourth-order valence-electron chi connectivity index (χ4n) is 2.52. The number of nitrogens with one attached hydrogen (secondary N) is 2. The van der Waals surface area contributed by atoms with E-state index in [0.717, 1.165) is 5.56 Å². The molecular weight excluding hydrogens is 337 g/mol. The molecule has 4 aromatic rings. The number of aromatic amines is 1. The zero-order chi connectivity index (χ0) is 17.9. The number of carbonyl (C=O) groups excluding carboxylic acids is 1. The van der Waals surface area contributed by atoms with Gasteiger partial charge in [0.05, 0.1) is 12.8 Å². The van der Waals surface area contributed by atoms with Crippen LogP contribution in [0.25, 0.3) is 11.5 Å². The minimum atomic E-state index is -0.393. The summed E-state index contributed by atoms with van der Waals surface area (Å²) < 4.78 is 20.1. The van der Waals surface area contributed by atoms with Gasteiger partial charge in [0.25, 0.3) is 5.91 Å². The Balaban J connectivity index is 1.43. The largest absolute Gasteiger partial charge is 0.463 e. The lowest BCUT2D eigenvalue weighted by Crippen LogP contribution is -2.13. The summed E-state index contributed by atoms with van der Waals surface area (Å²) in [6.45, 7) is 0.401. The number of halogens is 1. The van der Waals surface area contributed by atoms with E-state index >= 15 is 0 Å². The molecule has 130 valence electrons. The first-order valence-corrected chi connectivity index (χ1v) is 7.86. The average Bonchev–Trinajstić information content (AvgIpc) is 3.36. The van der Waals surface area contributed by atoms with Crippen molar-refractivity contribution in [3.8, 4) is 11.5 Å². The Bertz CT molecular complexity index is 1040. The van der Waals surface area contributed by atoms with E-state index in [0.29, 0.717) is 23.8 Å². The molecule has 3 aromatic heterocycles. The minimum absolute atomic E-state index is 0.219. The van der Waals surface area contributed by atoms with E-state index in [1.165, 1.54) is 12.1 Å². The zero-order valence-electron chi connectivity index (χ0n) is 13.5. The highest BCUT2D eigenvalue weighted by molar-refractivity contribution is 6.02. The van der Waals surface area contributed by atoms with Crippen molar-refractivity contribution in [1.82, 2.24) is 20.0 Å². The summed E-state index contributed by atoms with van der Waals surface area (Å²) in [4.78, 5) is 12.3. The number of furan rings is 1. The summed E-state index contributed by atoms with van der Waals surface area (Å²) in [7, 11) is 0. The lowest BCUT2D eigenvalue weighted by atomic mass is 10.2. The molecule has 0 spiro atoms. The number of benzene rings is 1. The quantitative estimate of drug-likeness (QED) is 0.577. The second-order valence-electron chi connectivity index (χ2n) is 5.63. The maximum Gasteiger partial charge on any atom is 0.277 e. The second kappa shape index (κ2) is 6.67. The van der Waals surface area contributed by atoms with Gasteiger partial charge in [-0.05, 0) is 29.8 Å². The summed E-state index contributed by atoms with van der Waals surface area (Å²) in [6.07, 6.45) is 3.25. The van der Waals surface area contributed by atoms with Crippen molar-refractivity contribution in [3.05, 3.63) is 78.1 Å². The van der Waals surface area contributed by atoms with Crippen LogP contribution in [0.2, 0.25) is 0 Å². The van der Waals surface area contributed by atoms with E-state index in [9.17, 15) is 9.18 Å². The van der Waals surface area contributed by atoms with Crippen molar-refractivity contribution in [2.75, 3.05) is 5.32 Å². The summed E-state index contributed by atoms with van der Waals surface area (Å²) >= 11 is 0. The molecule has 0 aliphatic heterocycles. The third kappa shape index (κ3) is 3.39. The van der Waals surface area contributed by atoms with Crippen LogP contribution in [0.15, 0.2) is 65.4 Å². The number of amides is 1. The summed E-state index contributed by atoms with van der Waals surface area (Å²) in [5, 5.41) is 13.7. The van der Waals surface area contributed by atoms with Gasteiger partial charge in [0.1, 0.15) is 11.5 Å². The van der Waals surface area contributed by atoms with Crippen LogP contribution in [0, 0.1) is 5.82 Å². The van der Waals surface area contributed by atoms with Crippen LogP contribution < -0.4 is 5.32 Å². The van der Waals surface area contributed by atoms with Crippen molar-refractivity contribution >= 4 is 11.7 Å². The fraction of sp³-hybridized carbons (Fsp3) is 0.0556. The molecule has 2 N–H and O–H groups in total. The maximum atomic E-state index is 13.2. The lowest BCUT2D eigenvalue weighted by molar-refractivity contribution is 0.102. The number of carbonyl (C=O) groups is 1. The summed E-state index contributed by atoms with van der Waals surface area (Å²) in [5.41, 5.74) is 1.61. The Morgan fingerprint density at radius 3 is 2.96 bits per heavy atom. The Morgan fingerprint density at radius 1 is 1.23 bits per heavy atom. The first kappa shape index (κ1) is 15.8. The molecule has 1 aromatic carbocycles. The van der Waals surface area contributed by atoms with Crippen LogP contribution in [-0.2, 0) is 6.54 Å². The Hall–Kier alpha value is -3.68. The highest BCUT2D eigenvalue weighted by Gasteiger charge is 2.14. The molecule has 0 saturated heterocycles. The number of H-pyrrole nitrogens is 1. The number of aromatic nitrogens is 4. The first-order chi connectivity index (χ1) is 12.7. The molecule has 0 saturated carbocycles. The highest BCUT2D eigenvalue weighted by Crippen LogP contribution is 2.18. The normalized spacial score (nSPS) is 10.8. The van der Waals surface area contributed by atoms with E-state index in [-0.39, 0.29) is 11.5 Å². The van der Waals surface area contributed by atoms with Crippen LogP contribution in [0.3, 0.4) is 0 Å². The van der Waals surface area contributed by atoms with E-state index in [4.69, 9.17) is 4.42 Å². The molecule has 26 heavy (non-hydrogen) atoms. The van der Waals surface area contributed by atoms with Crippen LogP contribution in [0.1, 0.15) is 16.1 Å². The maximum absolute atomic E-state index is 13.2. The molecule has 0 bridgehead atoms. The smallest absolute Gasteiger partial charge is 0.277 e. The number of nitrogens with zero attached hydrogens (tertiary/aromatic N) is 3. The standard InChI is InChI=1S/C18H14FN5O2/c19-13-4-1-3-12(9-13)11-24-7-6-17(23-24)20-18(25)15-10-14(21-22-15)16-5-2-8-26-16/h1-10H,11H2,(H,21,22)(H,20,23,25). The average molecular weight is 351 g/mol. The monoisotopic (exact) mass is 351 g/mol. The second-order valence-corrected chi connectivity index (χ2v) is 5.63. The molecule has 3 heterocycles. The van der Waals surface area contributed by atoms with Gasteiger partial charge < -0.3 is 9.73 Å². The van der Waals surface area contributed by atoms with Crippen molar-refractivity contribution in [1.29, 1.82) is 0 Å². The van der Waals surface area contributed by atoms with E-state index in [2.05, 4.69) is 20.6 Å². The van der Waals surface area contributed by atoms with Gasteiger partial charge in [-0.1, -0.05) is 12.1 Å². The highest BCUT2D eigenvalue weighted by atomic mass is 19.1. The molecule has 8 heteroatoms. The molecule has 4 rings (SSSR count). The molecule has 0 atom stereocenters. The predicted octanol–water partition coefficient (Wildman–Crippen LogP) is 3.31. The van der Waals surface area contributed by atoms with Gasteiger partial charge in [-0.15, -0.1) is 0 Å². The molecule has 7 nitrogen and oxygen atoms in total. The third-order valence-corrected chi connectivity index (χ3v) is 3.71. The van der Waals surface area contributed by atoms with Crippen LogP contribution >= 0.6 is 0 Å². The van der Waals surface area contributed by atoms with Crippen LogP contribution in [-0.4, -0.2) is 25.9 Å². The van der Waals surface area contributed by atoms with Gasteiger partial charge in [-0.25, -0.2) is 4.39 Å². The first-order valence-electron chi connectivity index (χ1n) is 7.86. The van der Waals surface area contributed by atoms with Crippen molar-refractivity contribution in [2.45, 2.75) is 6.54 Å². The van der Waals surface area contributed by atoms with Gasteiger partial charge in [-0.2, -0.15) is 10.2 Å². The Labute approximate surface area is 147 Å². The number of rotatable bonds is 5. The van der Waals surface area contributed by atoms with Crippen LogP contribution in [0.4, 0.5) is 10.2 Å². The molecular formula is C18H14FN5O2. The molecule has 0 aliphatic carbocycles. The Kier molecular flexibility index (Phi) is 4.06. The molecule has 0 radical (unpaired) electrons. The number of anilines is 1. The van der Waals surface area contributed by atoms with Crippen molar-refractivity contribution in [2.24, 2.45) is 0 Å². The van der Waals surface area contributed by atoms with Gasteiger partial charge >= 0.3 is 0 Å². The summed E-state index contributed by atoms with van der Waals surface area (Å²) in [5.74, 6) is 0.286. The zero-order valence-corrected chi connectivity index (χ0v) is 13.5. The SMILES string of the molecule is O=C(Nc1ccn(Cc2cccc(F)c2)n1)c1cc(-c2ccco2)[nH]n1. The minimum Gasteiger partial charge on any atom is -0.463 e. The van der Waals surface area contributed by atoms with Gasteiger partial charge in [-0.3, -0.25) is 14.6 Å². The number of hydrogen-bond acceptors (Lipinski definition) is 4. The molecule has 0 fully saturated rings. The van der Waals surface area contributed by atoms with Gasteiger partial charge in [0, 0.05) is 18.3 Å². The Morgan fingerprint density at radius 2 is 2.15 bits per heavy atom. The molecule has 0 aliphatic rings. The van der Waals surface area contributed by atoms with Crippen LogP contribution in [0.5, 0.6) is 0 Å². The fourth-order valence-corrected chi connectivity index (χ4v) is 2.52. The number of hydrogen-bond donors (Lipinski definition) is 2. The molecule has 1 amide bonds. The predicted molar refractivity (Wildman–Crippen MR) is 92.0 cm³/mol. The van der Waals surface area contributed by atoms with E-state index in [1.54, 1.807) is 47.5 Å². The van der Waals surface area contributed by atoms with Crippen molar-refractivity contribution in [3.63, 3.8) is 0 Å². The third-order valence-electron chi connectivity index (χ3n) is 3.71. The van der Waals surface area contributed by atoms with Gasteiger partial charge in [0.15, 0.2) is 17.3 Å².